The largest absolute Gasteiger partial charge is 0.471 e. The summed E-state index contributed by atoms with van der Waals surface area (Å²) in [6.07, 6.45) is -2.87. The van der Waals surface area contributed by atoms with Gasteiger partial charge in [0.05, 0.1) is 12.7 Å². The molecule has 0 bridgehead atoms. The summed E-state index contributed by atoms with van der Waals surface area (Å²) in [5.41, 5.74) is 0. The van der Waals surface area contributed by atoms with Crippen molar-refractivity contribution in [3.8, 4) is 0 Å². The Morgan fingerprint density at radius 3 is 2.73 bits per heavy atom. The lowest BCUT2D eigenvalue weighted by molar-refractivity contribution is -0.173. The molecule has 0 unspecified atom stereocenters. The fraction of sp³-hybridized carbons (Fsp3) is 0.500. The van der Waals surface area contributed by atoms with Gasteiger partial charge in [-0.25, -0.2) is 4.98 Å². The molecule has 1 aromatic heterocycles. The molecule has 1 aromatic rings. The summed E-state index contributed by atoms with van der Waals surface area (Å²) in [5, 5.41) is 1.66. The minimum Gasteiger partial charge on any atom is -0.444 e. The van der Waals surface area contributed by atoms with E-state index in [-0.39, 0.29) is 12.4 Å². The van der Waals surface area contributed by atoms with E-state index in [1.165, 1.54) is 6.20 Å². The number of rotatable bonds is 3. The SMILES string of the molecule is CCc1cnc(CNC(=O)C(F)(F)F)o1. The third-order valence-corrected chi connectivity index (χ3v) is 1.61. The smallest absolute Gasteiger partial charge is 0.444 e. The van der Waals surface area contributed by atoms with Crippen LogP contribution in [0.4, 0.5) is 13.2 Å². The van der Waals surface area contributed by atoms with Crippen LogP contribution in [0.1, 0.15) is 18.6 Å². The summed E-state index contributed by atoms with van der Waals surface area (Å²) in [6, 6.07) is 0. The third-order valence-electron chi connectivity index (χ3n) is 1.61. The summed E-state index contributed by atoms with van der Waals surface area (Å²) >= 11 is 0. The molecular weight excluding hydrogens is 213 g/mol. The number of alkyl halides is 3. The second-order valence-electron chi connectivity index (χ2n) is 2.75. The fourth-order valence-corrected chi connectivity index (χ4v) is 0.849. The number of amides is 1. The molecule has 1 heterocycles. The molecule has 0 aliphatic rings. The lowest BCUT2D eigenvalue weighted by Crippen LogP contribution is -2.36. The van der Waals surface area contributed by atoms with E-state index in [1.54, 1.807) is 5.32 Å². The van der Waals surface area contributed by atoms with Crippen LogP contribution in [0.15, 0.2) is 10.6 Å². The van der Waals surface area contributed by atoms with E-state index in [4.69, 9.17) is 4.42 Å². The van der Waals surface area contributed by atoms with Crippen molar-refractivity contribution in [3.63, 3.8) is 0 Å². The van der Waals surface area contributed by atoms with Gasteiger partial charge in [0.25, 0.3) is 0 Å². The van der Waals surface area contributed by atoms with Crippen molar-refractivity contribution in [2.75, 3.05) is 0 Å². The van der Waals surface area contributed by atoms with Crippen LogP contribution in [-0.2, 0) is 17.8 Å². The van der Waals surface area contributed by atoms with Crippen LogP contribution in [0, 0.1) is 0 Å². The fourth-order valence-electron chi connectivity index (χ4n) is 0.849. The van der Waals surface area contributed by atoms with Crippen LogP contribution >= 0.6 is 0 Å². The highest BCUT2D eigenvalue weighted by molar-refractivity contribution is 5.81. The van der Waals surface area contributed by atoms with Gasteiger partial charge in [-0.15, -0.1) is 0 Å². The highest BCUT2D eigenvalue weighted by atomic mass is 19.4. The Morgan fingerprint density at radius 1 is 1.60 bits per heavy atom. The van der Waals surface area contributed by atoms with Gasteiger partial charge in [-0.3, -0.25) is 4.79 Å². The van der Waals surface area contributed by atoms with E-state index >= 15 is 0 Å². The highest BCUT2D eigenvalue weighted by Gasteiger charge is 2.38. The molecule has 0 fully saturated rings. The van der Waals surface area contributed by atoms with Crippen LogP contribution in [0.5, 0.6) is 0 Å². The Bertz CT molecular complexity index is 346. The molecule has 0 aliphatic heterocycles. The number of hydrogen-bond acceptors (Lipinski definition) is 3. The Labute approximate surface area is 83.5 Å². The van der Waals surface area contributed by atoms with Crippen LogP contribution in [0.3, 0.4) is 0 Å². The second-order valence-corrected chi connectivity index (χ2v) is 2.75. The summed E-state index contributed by atoms with van der Waals surface area (Å²) in [6.45, 7) is 1.46. The van der Waals surface area contributed by atoms with Crippen LogP contribution in [-0.4, -0.2) is 17.1 Å². The van der Waals surface area contributed by atoms with E-state index in [0.29, 0.717) is 12.2 Å². The number of oxazole rings is 1. The maximum atomic E-state index is 11.8. The van der Waals surface area contributed by atoms with Gasteiger partial charge in [0.2, 0.25) is 5.89 Å². The third kappa shape index (κ3) is 3.26. The number of aromatic nitrogens is 1. The molecule has 84 valence electrons. The van der Waals surface area contributed by atoms with Gasteiger partial charge in [0, 0.05) is 6.42 Å². The van der Waals surface area contributed by atoms with Gasteiger partial charge >= 0.3 is 12.1 Å². The zero-order chi connectivity index (χ0) is 11.5. The Balaban J connectivity index is 2.47. The molecule has 0 radical (unpaired) electrons. The van der Waals surface area contributed by atoms with Crippen molar-refractivity contribution in [3.05, 3.63) is 17.8 Å². The van der Waals surface area contributed by atoms with E-state index in [1.807, 2.05) is 6.92 Å². The maximum Gasteiger partial charge on any atom is 0.471 e. The predicted octanol–water partition coefficient (Wildman–Crippen LogP) is 1.42. The number of carbonyl (C=O) groups is 1. The minimum absolute atomic E-state index is 0.0597. The number of halogens is 3. The van der Waals surface area contributed by atoms with E-state index in [9.17, 15) is 18.0 Å². The standard InChI is InChI=1S/C8H9F3N2O2/c1-2-5-3-12-6(15-5)4-13-7(14)8(9,10)11/h3H,2,4H2,1H3,(H,13,14). The first-order valence-electron chi connectivity index (χ1n) is 4.22. The zero-order valence-corrected chi connectivity index (χ0v) is 7.89. The number of nitrogens with zero attached hydrogens (tertiary/aromatic N) is 1. The Morgan fingerprint density at radius 2 is 2.27 bits per heavy atom. The van der Waals surface area contributed by atoms with Crippen LogP contribution in [0.25, 0.3) is 0 Å². The zero-order valence-electron chi connectivity index (χ0n) is 7.89. The molecule has 15 heavy (non-hydrogen) atoms. The van der Waals surface area contributed by atoms with Crippen LogP contribution in [0.2, 0.25) is 0 Å². The molecule has 1 amide bonds. The second kappa shape index (κ2) is 4.33. The first-order valence-corrected chi connectivity index (χ1v) is 4.22. The molecule has 7 heteroatoms. The Kier molecular flexibility index (Phi) is 3.33. The highest BCUT2D eigenvalue weighted by Crippen LogP contribution is 2.14. The number of carbonyl (C=O) groups excluding carboxylic acids is 1. The van der Waals surface area contributed by atoms with Crippen molar-refractivity contribution in [2.24, 2.45) is 0 Å². The molecular formula is C8H9F3N2O2. The van der Waals surface area contributed by atoms with E-state index < -0.39 is 12.1 Å². The van der Waals surface area contributed by atoms with Gasteiger partial charge in [0.15, 0.2) is 0 Å². The number of aryl methyl sites for hydroxylation is 1. The monoisotopic (exact) mass is 222 g/mol. The van der Waals surface area contributed by atoms with E-state index in [0.717, 1.165) is 0 Å². The van der Waals surface area contributed by atoms with Gasteiger partial charge in [-0.05, 0) is 0 Å². The summed E-state index contributed by atoms with van der Waals surface area (Å²) in [4.78, 5) is 14.1. The van der Waals surface area contributed by atoms with Gasteiger partial charge in [-0.2, -0.15) is 13.2 Å². The molecule has 0 aromatic carbocycles. The number of hydrogen-bond donors (Lipinski definition) is 1. The first-order chi connectivity index (χ1) is 6.93. The summed E-state index contributed by atoms with van der Waals surface area (Å²) < 4.78 is 40.3. The van der Waals surface area contributed by atoms with Crippen LogP contribution < -0.4 is 5.32 Å². The maximum absolute atomic E-state index is 11.8. The molecule has 1 N–H and O–H groups in total. The average molecular weight is 222 g/mol. The summed E-state index contributed by atoms with van der Waals surface area (Å²) in [5.74, 6) is -1.38. The molecule has 1 rings (SSSR count). The molecule has 0 saturated carbocycles. The lowest BCUT2D eigenvalue weighted by atomic mass is 10.4. The van der Waals surface area contributed by atoms with E-state index in [2.05, 4.69) is 4.98 Å². The lowest BCUT2D eigenvalue weighted by Gasteiger charge is -2.05. The minimum atomic E-state index is -4.87. The van der Waals surface area contributed by atoms with Crippen molar-refractivity contribution < 1.29 is 22.4 Å². The number of nitrogens with one attached hydrogen (secondary N) is 1. The van der Waals surface area contributed by atoms with Gasteiger partial charge in [-0.1, -0.05) is 6.92 Å². The molecule has 0 saturated heterocycles. The molecule has 0 aliphatic carbocycles. The summed E-state index contributed by atoms with van der Waals surface area (Å²) in [7, 11) is 0. The van der Waals surface area contributed by atoms with Crippen molar-refractivity contribution >= 4 is 5.91 Å². The van der Waals surface area contributed by atoms with Crippen molar-refractivity contribution in [1.29, 1.82) is 0 Å². The quantitative estimate of drug-likeness (QED) is 0.841. The van der Waals surface area contributed by atoms with Crippen molar-refractivity contribution in [2.45, 2.75) is 26.1 Å². The molecule has 4 nitrogen and oxygen atoms in total. The van der Waals surface area contributed by atoms with Gasteiger partial charge in [0.1, 0.15) is 5.76 Å². The average Bonchev–Trinajstić information content (AvgIpc) is 2.60. The molecule has 0 atom stereocenters. The topological polar surface area (TPSA) is 55.1 Å². The van der Waals surface area contributed by atoms with Crippen molar-refractivity contribution in [1.82, 2.24) is 10.3 Å². The first kappa shape index (κ1) is 11.5. The Hall–Kier alpha value is -1.53. The normalized spacial score (nSPS) is 11.5. The predicted molar refractivity (Wildman–Crippen MR) is 43.8 cm³/mol. The van der Waals surface area contributed by atoms with Gasteiger partial charge < -0.3 is 9.73 Å². The molecule has 0 spiro atoms.